The molecule has 2 heterocycles. The van der Waals surface area contributed by atoms with E-state index in [-0.39, 0.29) is 47.9 Å². The Morgan fingerprint density at radius 2 is 2.00 bits per heavy atom. The number of halogens is 3. The molecule has 1 aliphatic heterocycles. The summed E-state index contributed by atoms with van der Waals surface area (Å²) in [5.74, 6) is 0.646. The van der Waals surface area contributed by atoms with Gasteiger partial charge in [-0.3, -0.25) is 9.52 Å². The molecule has 0 spiro atoms. The summed E-state index contributed by atoms with van der Waals surface area (Å²) in [6, 6.07) is 10.1. The van der Waals surface area contributed by atoms with Gasteiger partial charge in [0.05, 0.1) is 29.0 Å². The van der Waals surface area contributed by atoms with E-state index in [2.05, 4.69) is 14.8 Å². The van der Waals surface area contributed by atoms with Crippen LogP contribution < -0.4 is 9.62 Å². The Hall–Kier alpha value is -2.62. The van der Waals surface area contributed by atoms with Crippen LogP contribution in [0.5, 0.6) is 0 Å². The van der Waals surface area contributed by atoms with Crippen molar-refractivity contribution >= 4 is 35.1 Å². The first-order valence-electron chi connectivity index (χ1n) is 14.5. The number of hydrogen-bond donors (Lipinski definition) is 1. The van der Waals surface area contributed by atoms with Crippen molar-refractivity contribution in [1.29, 1.82) is 0 Å². The van der Waals surface area contributed by atoms with Crippen LogP contribution in [-0.4, -0.2) is 35.0 Å². The van der Waals surface area contributed by atoms with E-state index in [1.165, 1.54) is 18.0 Å². The number of carbonyl (C=O) groups is 1. The lowest BCUT2D eigenvalue weighted by Gasteiger charge is -2.33. The standard InChI is InChI=1S/C31H32ClF2N3O3S/c32-23-2-1-3-24(33)29(23)30-22(31(40-35-30)18-6-7-18)16-39-27-14-20-13-19(27)15-37(20)26-10-4-17(12-25(26)34)5-11-28(38)36-41-21-8-9-21/h1-4,10,12,18-21,27H,5-9,11,13-16H2,(H,36,38)/t19-,20-,27+/m0/s1. The summed E-state index contributed by atoms with van der Waals surface area (Å²) < 4.78 is 45.0. The van der Waals surface area contributed by atoms with Gasteiger partial charge < -0.3 is 14.2 Å². The molecule has 3 aliphatic carbocycles. The fraction of sp³-hybridized carbons (Fsp3) is 0.484. The van der Waals surface area contributed by atoms with Gasteiger partial charge in [-0.2, -0.15) is 0 Å². The molecule has 10 heteroatoms. The number of amides is 1. The minimum atomic E-state index is -0.436. The third-order valence-corrected chi connectivity index (χ3v) is 10.2. The molecule has 0 unspecified atom stereocenters. The van der Waals surface area contributed by atoms with Gasteiger partial charge in [0.2, 0.25) is 5.91 Å². The third kappa shape index (κ3) is 5.73. The zero-order chi connectivity index (χ0) is 28.1. The molecule has 216 valence electrons. The van der Waals surface area contributed by atoms with Gasteiger partial charge in [-0.25, -0.2) is 8.78 Å². The first-order chi connectivity index (χ1) is 19.9. The second-order valence-corrected chi connectivity index (χ2v) is 13.3. The molecule has 4 fully saturated rings. The Morgan fingerprint density at radius 3 is 2.71 bits per heavy atom. The molecule has 2 bridgehead atoms. The first kappa shape index (κ1) is 27.2. The van der Waals surface area contributed by atoms with Crippen LogP contribution in [0.15, 0.2) is 40.9 Å². The lowest BCUT2D eigenvalue weighted by molar-refractivity contribution is -0.119. The normalized spacial score (nSPS) is 23.4. The van der Waals surface area contributed by atoms with Gasteiger partial charge in [0, 0.05) is 41.7 Å². The predicted octanol–water partition coefficient (Wildman–Crippen LogP) is 7.19. The second kappa shape index (κ2) is 11.2. The summed E-state index contributed by atoms with van der Waals surface area (Å²) in [5, 5.41) is 5.08. The van der Waals surface area contributed by atoms with Gasteiger partial charge in [0.15, 0.2) is 0 Å². The highest BCUT2D eigenvalue weighted by Crippen LogP contribution is 2.47. The fourth-order valence-corrected chi connectivity index (χ4v) is 7.25. The molecule has 3 atom stereocenters. The lowest BCUT2D eigenvalue weighted by Crippen LogP contribution is -2.39. The number of anilines is 1. The maximum atomic E-state index is 15.2. The van der Waals surface area contributed by atoms with Crippen molar-refractivity contribution in [2.24, 2.45) is 5.92 Å². The fourth-order valence-electron chi connectivity index (χ4n) is 6.23. The van der Waals surface area contributed by atoms with E-state index >= 15 is 4.39 Å². The average Bonchev–Trinajstić information content (AvgIpc) is 3.87. The van der Waals surface area contributed by atoms with Gasteiger partial charge in [-0.05, 0) is 86.7 Å². The van der Waals surface area contributed by atoms with Gasteiger partial charge >= 0.3 is 0 Å². The Bertz CT molecular complexity index is 1440. The maximum Gasteiger partial charge on any atom is 0.230 e. The average molecular weight is 600 g/mol. The highest BCUT2D eigenvalue weighted by atomic mass is 35.5. The molecule has 3 saturated carbocycles. The number of aromatic nitrogens is 1. The van der Waals surface area contributed by atoms with Crippen molar-refractivity contribution in [1.82, 2.24) is 9.88 Å². The molecule has 1 N–H and O–H groups in total. The number of nitrogens with zero attached hydrogens (tertiary/aromatic N) is 2. The maximum absolute atomic E-state index is 15.2. The first-order valence-corrected chi connectivity index (χ1v) is 15.7. The van der Waals surface area contributed by atoms with Gasteiger partial charge in [0.25, 0.3) is 0 Å². The largest absolute Gasteiger partial charge is 0.373 e. The molecule has 6 nitrogen and oxygen atoms in total. The Labute approximate surface area is 247 Å². The highest BCUT2D eigenvalue weighted by Gasteiger charge is 2.46. The number of nitrogens with one attached hydrogen (secondary N) is 1. The number of rotatable bonds is 11. The van der Waals surface area contributed by atoms with Crippen molar-refractivity contribution in [2.45, 2.75) is 81.3 Å². The number of ether oxygens (including phenoxy) is 1. The molecule has 7 rings (SSSR count). The van der Waals surface area contributed by atoms with E-state index < -0.39 is 5.82 Å². The number of aryl methyl sites for hydroxylation is 1. The van der Waals surface area contributed by atoms with Crippen LogP contribution in [0.4, 0.5) is 14.5 Å². The quantitative estimate of drug-likeness (QED) is 0.235. The molecule has 3 aromatic rings. The smallest absolute Gasteiger partial charge is 0.230 e. The molecule has 1 amide bonds. The number of piperidine rings is 1. The van der Waals surface area contributed by atoms with Crippen molar-refractivity contribution in [3.05, 3.63) is 69.9 Å². The molecule has 2 aromatic carbocycles. The highest BCUT2D eigenvalue weighted by molar-refractivity contribution is 7.98. The Kier molecular flexibility index (Phi) is 7.46. The van der Waals surface area contributed by atoms with Crippen molar-refractivity contribution in [3.63, 3.8) is 0 Å². The monoisotopic (exact) mass is 599 g/mol. The van der Waals surface area contributed by atoms with Crippen LogP contribution in [-0.2, 0) is 22.6 Å². The number of carbonyl (C=O) groups excluding carboxylic acids is 1. The number of hydrogen-bond acceptors (Lipinski definition) is 6. The minimum absolute atomic E-state index is 0.00569. The number of fused-ring (bicyclic) bond motifs is 2. The zero-order valence-electron chi connectivity index (χ0n) is 22.6. The minimum Gasteiger partial charge on any atom is -0.373 e. The predicted molar refractivity (Wildman–Crippen MR) is 155 cm³/mol. The van der Waals surface area contributed by atoms with Crippen molar-refractivity contribution in [2.75, 3.05) is 11.4 Å². The van der Waals surface area contributed by atoms with Crippen LogP contribution in [0.25, 0.3) is 11.3 Å². The summed E-state index contributed by atoms with van der Waals surface area (Å²) >= 11 is 7.86. The van der Waals surface area contributed by atoms with Crippen LogP contribution in [0.3, 0.4) is 0 Å². The van der Waals surface area contributed by atoms with Gasteiger partial charge in [-0.1, -0.05) is 28.9 Å². The van der Waals surface area contributed by atoms with E-state index in [0.717, 1.165) is 62.0 Å². The van der Waals surface area contributed by atoms with Crippen LogP contribution in [0, 0.1) is 17.6 Å². The van der Waals surface area contributed by atoms with Crippen LogP contribution in [0.2, 0.25) is 5.02 Å². The Morgan fingerprint density at radius 1 is 1.15 bits per heavy atom. The molecular formula is C31H32ClF2N3O3S. The second-order valence-electron chi connectivity index (χ2n) is 11.8. The van der Waals surface area contributed by atoms with E-state index in [4.69, 9.17) is 20.9 Å². The van der Waals surface area contributed by atoms with Crippen LogP contribution >= 0.6 is 23.5 Å². The van der Waals surface area contributed by atoms with Gasteiger partial charge in [0.1, 0.15) is 23.1 Å². The molecule has 0 radical (unpaired) electrons. The topological polar surface area (TPSA) is 67.6 Å². The molecular weight excluding hydrogens is 568 g/mol. The van der Waals surface area contributed by atoms with Crippen molar-refractivity contribution in [3.8, 4) is 11.3 Å². The molecule has 41 heavy (non-hydrogen) atoms. The number of benzene rings is 2. The molecule has 1 saturated heterocycles. The summed E-state index contributed by atoms with van der Waals surface area (Å²) in [6.07, 6.45) is 7.00. The summed E-state index contributed by atoms with van der Waals surface area (Å²) in [5.41, 5.74) is 2.88. The van der Waals surface area contributed by atoms with E-state index in [1.54, 1.807) is 18.2 Å². The molecule has 1 aromatic heterocycles. The summed E-state index contributed by atoms with van der Waals surface area (Å²) in [4.78, 5) is 14.2. The van der Waals surface area contributed by atoms with Gasteiger partial charge in [-0.15, -0.1) is 0 Å². The van der Waals surface area contributed by atoms with E-state index in [0.29, 0.717) is 34.5 Å². The Balaban J connectivity index is 0.979. The lowest BCUT2D eigenvalue weighted by atomic mass is 10.0. The zero-order valence-corrected chi connectivity index (χ0v) is 24.2. The summed E-state index contributed by atoms with van der Waals surface area (Å²) in [6.45, 7) is 0.997. The van der Waals surface area contributed by atoms with Crippen LogP contribution in [0.1, 0.15) is 67.8 Å². The van der Waals surface area contributed by atoms with Crippen molar-refractivity contribution < 1.29 is 22.8 Å². The summed E-state index contributed by atoms with van der Waals surface area (Å²) in [7, 11) is 0. The van der Waals surface area contributed by atoms with E-state index in [1.807, 2.05) is 12.1 Å². The molecule has 4 aliphatic rings. The SMILES string of the molecule is O=C(CCc1ccc(N2C[C@@H]3C[C@H]2C[C@H]3OCc2c(-c3c(F)cccc3Cl)noc2C2CC2)c(F)c1)NSC1CC1. The third-order valence-electron chi connectivity index (χ3n) is 8.71. The van der Waals surface area contributed by atoms with E-state index in [9.17, 15) is 9.18 Å².